The van der Waals surface area contributed by atoms with Crippen molar-refractivity contribution in [2.75, 3.05) is 19.0 Å². The van der Waals surface area contributed by atoms with E-state index in [1.54, 1.807) is 21.0 Å². The highest BCUT2D eigenvalue weighted by atomic mass is 32.1. The highest BCUT2D eigenvalue weighted by Gasteiger charge is 2.17. The molecule has 1 aromatic carbocycles. The van der Waals surface area contributed by atoms with Crippen LogP contribution in [-0.2, 0) is 4.74 Å². The predicted octanol–water partition coefficient (Wildman–Crippen LogP) is 3.99. The average Bonchev–Trinajstić information content (AvgIpc) is 3.09. The molecule has 23 heavy (non-hydrogen) atoms. The third-order valence-electron chi connectivity index (χ3n) is 3.07. The zero-order valence-corrected chi connectivity index (χ0v) is 14.5. The second kappa shape index (κ2) is 6.51. The maximum Gasteiger partial charge on any atom is 0.350 e. The molecule has 0 atom stereocenters. The Morgan fingerprint density at radius 2 is 2.04 bits per heavy atom. The lowest BCUT2D eigenvalue weighted by atomic mass is 10.3. The quantitative estimate of drug-likeness (QED) is 0.702. The van der Waals surface area contributed by atoms with E-state index in [9.17, 15) is 4.79 Å². The number of fused-ring (bicyclic) bond motifs is 1. The first-order chi connectivity index (χ1) is 11.1. The Kier molecular flexibility index (Phi) is 4.44. The van der Waals surface area contributed by atoms with Crippen LogP contribution in [0.1, 0.15) is 22.3 Å². The summed E-state index contributed by atoms with van der Waals surface area (Å²) in [5.41, 5.74) is 1.54. The Bertz CT molecular complexity index is 857. The third kappa shape index (κ3) is 3.27. The summed E-state index contributed by atoms with van der Waals surface area (Å²) in [5, 5.41) is 4.50. The number of anilines is 2. The molecule has 120 valence electrons. The number of aryl methyl sites for hydroxylation is 1. The van der Waals surface area contributed by atoms with Crippen molar-refractivity contribution in [2.24, 2.45) is 0 Å². The monoisotopic (exact) mass is 349 g/mol. The highest BCUT2D eigenvalue weighted by Crippen LogP contribution is 2.32. The summed E-state index contributed by atoms with van der Waals surface area (Å²) >= 11 is 2.77. The molecule has 3 rings (SSSR count). The fourth-order valence-electron chi connectivity index (χ4n) is 2.01. The van der Waals surface area contributed by atoms with Crippen molar-refractivity contribution in [3.63, 3.8) is 0 Å². The van der Waals surface area contributed by atoms with Crippen LogP contribution in [0.25, 0.3) is 10.2 Å². The number of nitrogens with zero attached hydrogens (tertiary/aromatic N) is 2. The molecule has 0 unspecified atom stereocenters. The molecule has 0 aliphatic carbocycles. The summed E-state index contributed by atoms with van der Waals surface area (Å²) in [6.45, 7) is 3.92. The van der Waals surface area contributed by atoms with Gasteiger partial charge in [0.25, 0.3) is 0 Å². The fraction of sp³-hybridized carbons (Fsp3) is 0.267. The Morgan fingerprint density at radius 3 is 2.78 bits per heavy atom. The van der Waals surface area contributed by atoms with Crippen LogP contribution in [0.2, 0.25) is 0 Å². The number of carbonyl (C=O) groups is 1. The maximum absolute atomic E-state index is 11.8. The summed E-state index contributed by atoms with van der Waals surface area (Å²) in [7, 11) is 1.64. The molecule has 3 aromatic rings. The largest absolute Gasteiger partial charge is 0.497 e. The molecular weight excluding hydrogens is 334 g/mol. The van der Waals surface area contributed by atoms with E-state index in [1.165, 1.54) is 22.7 Å². The normalized spacial score (nSPS) is 10.7. The summed E-state index contributed by atoms with van der Waals surface area (Å²) < 4.78 is 11.3. The second-order valence-corrected chi connectivity index (χ2v) is 6.66. The number of thiazole rings is 2. The lowest BCUT2D eigenvalue weighted by molar-refractivity contribution is 0.0531. The first kappa shape index (κ1) is 15.7. The minimum Gasteiger partial charge on any atom is -0.497 e. The number of aromatic nitrogens is 2. The molecule has 0 aliphatic heterocycles. The van der Waals surface area contributed by atoms with Crippen molar-refractivity contribution >= 4 is 49.1 Å². The van der Waals surface area contributed by atoms with Gasteiger partial charge in [-0.25, -0.2) is 14.8 Å². The van der Waals surface area contributed by atoms with Gasteiger partial charge in [0.05, 0.1) is 29.6 Å². The molecule has 2 heterocycles. The van der Waals surface area contributed by atoms with Crippen LogP contribution in [-0.4, -0.2) is 29.7 Å². The number of carbonyl (C=O) groups excluding carboxylic acids is 1. The van der Waals surface area contributed by atoms with Crippen molar-refractivity contribution in [1.29, 1.82) is 0 Å². The van der Waals surface area contributed by atoms with Crippen LogP contribution in [0.15, 0.2) is 18.2 Å². The Morgan fingerprint density at radius 1 is 1.26 bits per heavy atom. The number of benzene rings is 1. The van der Waals surface area contributed by atoms with Crippen LogP contribution >= 0.6 is 22.7 Å². The smallest absolute Gasteiger partial charge is 0.350 e. The van der Waals surface area contributed by atoms with Gasteiger partial charge >= 0.3 is 5.97 Å². The van der Waals surface area contributed by atoms with E-state index >= 15 is 0 Å². The van der Waals surface area contributed by atoms with Crippen LogP contribution in [0, 0.1) is 6.92 Å². The first-order valence-electron chi connectivity index (χ1n) is 6.97. The zero-order chi connectivity index (χ0) is 16.4. The van der Waals surface area contributed by atoms with E-state index in [-0.39, 0.29) is 5.97 Å². The zero-order valence-electron chi connectivity index (χ0n) is 12.9. The van der Waals surface area contributed by atoms with E-state index in [2.05, 4.69) is 15.3 Å². The van der Waals surface area contributed by atoms with Crippen LogP contribution in [0.3, 0.4) is 0 Å². The van der Waals surface area contributed by atoms with E-state index in [0.29, 0.717) is 22.3 Å². The van der Waals surface area contributed by atoms with E-state index in [4.69, 9.17) is 9.47 Å². The predicted molar refractivity (Wildman–Crippen MR) is 92.3 cm³/mol. The number of nitrogens with one attached hydrogen (secondary N) is 1. The summed E-state index contributed by atoms with van der Waals surface area (Å²) in [5.74, 6) is 0.451. The Balaban J connectivity index is 1.84. The lowest BCUT2D eigenvalue weighted by Gasteiger charge is -1.97. The molecule has 0 amide bonds. The van der Waals surface area contributed by atoms with Gasteiger partial charge in [0.1, 0.15) is 10.6 Å². The van der Waals surface area contributed by atoms with Crippen LogP contribution in [0.4, 0.5) is 10.3 Å². The van der Waals surface area contributed by atoms with E-state index < -0.39 is 0 Å². The minimum atomic E-state index is -0.343. The fourth-order valence-corrected chi connectivity index (χ4v) is 3.83. The summed E-state index contributed by atoms with van der Waals surface area (Å²) in [6, 6.07) is 5.72. The van der Waals surface area contributed by atoms with Gasteiger partial charge < -0.3 is 14.8 Å². The van der Waals surface area contributed by atoms with Gasteiger partial charge in [-0.05, 0) is 32.0 Å². The van der Waals surface area contributed by atoms with Gasteiger partial charge in [0, 0.05) is 0 Å². The van der Waals surface area contributed by atoms with Crippen LogP contribution < -0.4 is 10.1 Å². The first-order valence-corrected chi connectivity index (χ1v) is 8.60. The van der Waals surface area contributed by atoms with Gasteiger partial charge in [0.2, 0.25) is 0 Å². The number of methoxy groups -OCH3 is 1. The molecule has 0 bridgehead atoms. The van der Waals surface area contributed by atoms with E-state index in [0.717, 1.165) is 21.1 Å². The highest BCUT2D eigenvalue weighted by molar-refractivity contribution is 7.23. The second-order valence-electron chi connectivity index (χ2n) is 4.63. The topological polar surface area (TPSA) is 73.3 Å². The van der Waals surface area contributed by atoms with Gasteiger partial charge in [-0.3, -0.25) is 0 Å². The SMILES string of the molecule is CCOC(=O)c1sc(Nc2nc3ccc(OC)cc3s2)nc1C. The standard InChI is InChI=1S/C15H15N3O3S2/c1-4-21-13(19)12-8(2)16-14(23-12)18-15-17-10-6-5-9(20-3)7-11(10)22-15/h5-7H,4H2,1-3H3,(H,16,17,18). The molecule has 0 fully saturated rings. The average molecular weight is 349 g/mol. The van der Waals surface area contributed by atoms with Gasteiger partial charge in [-0.2, -0.15) is 0 Å². The van der Waals surface area contributed by atoms with Crippen molar-refractivity contribution in [2.45, 2.75) is 13.8 Å². The van der Waals surface area contributed by atoms with Crippen molar-refractivity contribution in [3.05, 3.63) is 28.8 Å². The molecular formula is C15H15N3O3S2. The molecule has 0 saturated heterocycles. The van der Waals surface area contributed by atoms with Gasteiger partial charge in [-0.1, -0.05) is 22.7 Å². The molecule has 6 nitrogen and oxygen atoms in total. The third-order valence-corrected chi connectivity index (χ3v) is 5.05. The summed E-state index contributed by atoms with van der Waals surface area (Å²) in [4.78, 5) is 21.2. The number of hydrogen-bond donors (Lipinski definition) is 1. The number of ether oxygens (including phenoxy) is 2. The maximum atomic E-state index is 11.8. The molecule has 0 aliphatic rings. The molecule has 0 radical (unpaired) electrons. The Hall–Kier alpha value is -2.19. The molecule has 8 heteroatoms. The van der Waals surface area contributed by atoms with E-state index in [1.807, 2.05) is 18.2 Å². The molecule has 2 aromatic heterocycles. The molecule has 0 saturated carbocycles. The van der Waals surface area contributed by atoms with Crippen molar-refractivity contribution in [1.82, 2.24) is 9.97 Å². The van der Waals surface area contributed by atoms with Gasteiger partial charge in [0.15, 0.2) is 10.3 Å². The number of rotatable bonds is 5. The molecule has 1 N–H and O–H groups in total. The molecule has 0 spiro atoms. The van der Waals surface area contributed by atoms with Crippen molar-refractivity contribution in [3.8, 4) is 5.75 Å². The Labute approximate surface area is 141 Å². The minimum absolute atomic E-state index is 0.343. The number of esters is 1. The number of hydrogen-bond acceptors (Lipinski definition) is 8. The van der Waals surface area contributed by atoms with Crippen molar-refractivity contribution < 1.29 is 14.3 Å². The lowest BCUT2D eigenvalue weighted by Crippen LogP contribution is -2.03. The van der Waals surface area contributed by atoms with Gasteiger partial charge in [-0.15, -0.1) is 0 Å². The summed E-state index contributed by atoms with van der Waals surface area (Å²) in [6.07, 6.45) is 0. The van der Waals surface area contributed by atoms with Crippen LogP contribution in [0.5, 0.6) is 5.75 Å².